The number of carboxylic acid groups (broad SMARTS) is 1. The molecule has 116 valence electrons. The Morgan fingerprint density at radius 2 is 1.90 bits per heavy atom. The maximum atomic E-state index is 12.0. The van der Waals surface area contributed by atoms with Gasteiger partial charge < -0.3 is 15.5 Å². The van der Waals surface area contributed by atoms with Crippen molar-refractivity contribution in [1.82, 2.24) is 5.32 Å². The zero-order valence-electron chi connectivity index (χ0n) is 12.3. The number of nitrogens with one attached hydrogen (secondary N) is 1. The summed E-state index contributed by atoms with van der Waals surface area (Å²) in [6, 6.07) is 0. The molecule has 1 aliphatic carbocycles. The van der Waals surface area contributed by atoms with Gasteiger partial charge in [-0.05, 0) is 26.0 Å². The van der Waals surface area contributed by atoms with E-state index in [0.29, 0.717) is 18.6 Å². The van der Waals surface area contributed by atoms with E-state index in [-0.39, 0.29) is 18.9 Å². The summed E-state index contributed by atoms with van der Waals surface area (Å²) < 4.78 is 0. The van der Waals surface area contributed by atoms with Crippen LogP contribution in [0.2, 0.25) is 0 Å². The van der Waals surface area contributed by atoms with Crippen LogP contribution >= 0.6 is 11.8 Å². The van der Waals surface area contributed by atoms with Crippen LogP contribution in [0.1, 0.15) is 45.4 Å². The Labute approximate surface area is 124 Å². The van der Waals surface area contributed by atoms with Crippen molar-refractivity contribution >= 4 is 23.6 Å². The van der Waals surface area contributed by atoms with Crippen LogP contribution in [0.25, 0.3) is 0 Å². The average Bonchev–Trinajstić information content (AvgIpc) is 2.37. The van der Waals surface area contributed by atoms with E-state index in [9.17, 15) is 19.8 Å². The fourth-order valence-corrected chi connectivity index (χ4v) is 3.44. The summed E-state index contributed by atoms with van der Waals surface area (Å²) in [6.45, 7) is 1.82. The number of thioether (sulfide) groups is 1. The first-order valence-electron chi connectivity index (χ1n) is 7.03. The third kappa shape index (κ3) is 4.98. The standard InChI is InChI=1S/C14H25NO4S/c1-13(19,10-20-2)9-15-11(16)8-14(12(17)18)6-4-3-5-7-14/h19H,3-10H2,1-2H3,(H,15,16)(H,17,18). The average molecular weight is 303 g/mol. The monoisotopic (exact) mass is 303 g/mol. The molecule has 3 N–H and O–H groups in total. The van der Waals surface area contributed by atoms with E-state index in [1.165, 1.54) is 11.8 Å². The molecule has 1 rings (SSSR count). The van der Waals surface area contributed by atoms with Gasteiger partial charge in [0.2, 0.25) is 5.91 Å². The van der Waals surface area contributed by atoms with Crippen LogP contribution in [-0.2, 0) is 9.59 Å². The maximum absolute atomic E-state index is 12.0. The lowest BCUT2D eigenvalue weighted by Crippen LogP contribution is -2.45. The molecule has 1 fully saturated rings. The summed E-state index contributed by atoms with van der Waals surface area (Å²) in [5.74, 6) is -0.629. The smallest absolute Gasteiger partial charge is 0.310 e. The highest BCUT2D eigenvalue weighted by Gasteiger charge is 2.41. The molecule has 1 unspecified atom stereocenters. The minimum atomic E-state index is -0.960. The van der Waals surface area contributed by atoms with E-state index in [2.05, 4.69) is 5.32 Å². The van der Waals surface area contributed by atoms with Gasteiger partial charge in [-0.3, -0.25) is 9.59 Å². The predicted molar refractivity (Wildman–Crippen MR) is 79.8 cm³/mol. The second kappa shape index (κ2) is 7.31. The Kier molecular flexibility index (Phi) is 6.33. The molecule has 0 saturated heterocycles. The van der Waals surface area contributed by atoms with Gasteiger partial charge in [0.1, 0.15) is 0 Å². The summed E-state index contributed by atoms with van der Waals surface area (Å²) in [7, 11) is 0. The molecule has 20 heavy (non-hydrogen) atoms. The normalized spacial score (nSPS) is 20.9. The summed E-state index contributed by atoms with van der Waals surface area (Å²) >= 11 is 1.50. The van der Waals surface area contributed by atoms with E-state index in [0.717, 1.165) is 19.3 Å². The van der Waals surface area contributed by atoms with E-state index in [1.54, 1.807) is 6.92 Å². The number of carboxylic acids is 1. The van der Waals surface area contributed by atoms with Gasteiger partial charge in [-0.15, -0.1) is 0 Å². The largest absolute Gasteiger partial charge is 0.481 e. The first-order valence-corrected chi connectivity index (χ1v) is 8.42. The number of carbonyl (C=O) groups excluding carboxylic acids is 1. The molecule has 0 aliphatic heterocycles. The third-order valence-electron chi connectivity index (χ3n) is 3.88. The van der Waals surface area contributed by atoms with Gasteiger partial charge in [-0.2, -0.15) is 11.8 Å². The highest BCUT2D eigenvalue weighted by molar-refractivity contribution is 7.98. The topological polar surface area (TPSA) is 86.6 Å². The second-order valence-electron chi connectivity index (χ2n) is 6.03. The minimum absolute atomic E-state index is 0.0116. The third-order valence-corrected chi connectivity index (χ3v) is 4.80. The number of aliphatic hydroxyl groups is 1. The van der Waals surface area contributed by atoms with Gasteiger partial charge in [0.05, 0.1) is 11.0 Å². The molecule has 5 nitrogen and oxygen atoms in total. The molecule has 1 aliphatic rings. The Balaban J connectivity index is 2.53. The second-order valence-corrected chi connectivity index (χ2v) is 6.90. The van der Waals surface area contributed by atoms with Crippen LogP contribution in [0.15, 0.2) is 0 Å². The van der Waals surface area contributed by atoms with E-state index < -0.39 is 17.0 Å². The SMILES string of the molecule is CSCC(C)(O)CNC(=O)CC1(C(=O)O)CCCCC1. The van der Waals surface area contributed by atoms with Gasteiger partial charge in [-0.25, -0.2) is 0 Å². The summed E-state index contributed by atoms with van der Waals surface area (Å²) in [4.78, 5) is 23.5. The van der Waals surface area contributed by atoms with Crippen molar-refractivity contribution in [2.24, 2.45) is 5.41 Å². The molecule has 6 heteroatoms. The Morgan fingerprint density at radius 3 is 2.40 bits per heavy atom. The predicted octanol–water partition coefficient (Wildman–Crippen LogP) is 1.64. The van der Waals surface area contributed by atoms with Crippen molar-refractivity contribution in [2.45, 2.75) is 51.0 Å². The van der Waals surface area contributed by atoms with Crippen molar-refractivity contribution in [1.29, 1.82) is 0 Å². The molecule has 0 aromatic carbocycles. The number of amides is 1. The molecular formula is C14H25NO4S. The van der Waals surface area contributed by atoms with Crippen molar-refractivity contribution in [3.63, 3.8) is 0 Å². The number of carbonyl (C=O) groups is 2. The quantitative estimate of drug-likeness (QED) is 0.665. The fraction of sp³-hybridized carbons (Fsp3) is 0.857. The van der Waals surface area contributed by atoms with E-state index in [4.69, 9.17) is 0 Å². The van der Waals surface area contributed by atoms with Crippen LogP contribution in [0.3, 0.4) is 0 Å². The molecule has 1 atom stereocenters. The molecule has 1 amide bonds. The van der Waals surface area contributed by atoms with E-state index >= 15 is 0 Å². The zero-order chi connectivity index (χ0) is 15.2. The van der Waals surface area contributed by atoms with Crippen molar-refractivity contribution in [3.05, 3.63) is 0 Å². The van der Waals surface area contributed by atoms with Gasteiger partial charge in [0.15, 0.2) is 0 Å². The van der Waals surface area contributed by atoms with Gasteiger partial charge in [0, 0.05) is 18.7 Å². The molecule has 1 saturated carbocycles. The number of rotatable bonds is 7. The molecule has 0 aromatic heterocycles. The number of aliphatic carboxylic acids is 1. The van der Waals surface area contributed by atoms with Crippen molar-refractivity contribution in [3.8, 4) is 0 Å². The molecular weight excluding hydrogens is 278 g/mol. The van der Waals surface area contributed by atoms with Crippen molar-refractivity contribution in [2.75, 3.05) is 18.6 Å². The van der Waals surface area contributed by atoms with Crippen LogP contribution in [0.5, 0.6) is 0 Å². The molecule has 0 heterocycles. The lowest BCUT2D eigenvalue weighted by atomic mass is 9.71. The minimum Gasteiger partial charge on any atom is -0.481 e. The zero-order valence-corrected chi connectivity index (χ0v) is 13.1. The highest BCUT2D eigenvalue weighted by atomic mass is 32.2. The Morgan fingerprint density at radius 1 is 1.30 bits per heavy atom. The van der Waals surface area contributed by atoms with E-state index in [1.807, 2.05) is 6.26 Å². The van der Waals surface area contributed by atoms with Crippen LogP contribution in [0.4, 0.5) is 0 Å². The van der Waals surface area contributed by atoms with Gasteiger partial charge in [-0.1, -0.05) is 19.3 Å². The van der Waals surface area contributed by atoms with Crippen molar-refractivity contribution < 1.29 is 19.8 Å². The van der Waals surface area contributed by atoms with Crippen LogP contribution in [-0.4, -0.2) is 46.2 Å². The number of hydrogen-bond acceptors (Lipinski definition) is 4. The number of hydrogen-bond donors (Lipinski definition) is 3. The summed E-state index contributed by atoms with van der Waals surface area (Å²) in [5.41, 5.74) is -1.87. The van der Waals surface area contributed by atoms with Crippen LogP contribution < -0.4 is 5.32 Å². The van der Waals surface area contributed by atoms with Gasteiger partial charge in [0.25, 0.3) is 0 Å². The lowest BCUT2D eigenvalue weighted by Gasteiger charge is -2.33. The maximum Gasteiger partial charge on any atom is 0.310 e. The molecule has 0 radical (unpaired) electrons. The first kappa shape index (κ1) is 17.3. The first-order chi connectivity index (χ1) is 9.31. The molecule has 0 bridgehead atoms. The van der Waals surface area contributed by atoms with Crippen LogP contribution in [0, 0.1) is 5.41 Å². The fourth-order valence-electron chi connectivity index (χ4n) is 2.72. The molecule has 0 spiro atoms. The summed E-state index contributed by atoms with van der Waals surface area (Å²) in [6.07, 6.45) is 5.80. The summed E-state index contributed by atoms with van der Waals surface area (Å²) in [5, 5.41) is 22.1. The van der Waals surface area contributed by atoms with Gasteiger partial charge >= 0.3 is 5.97 Å². The lowest BCUT2D eigenvalue weighted by molar-refractivity contribution is -0.154. The highest BCUT2D eigenvalue weighted by Crippen LogP contribution is 2.39. The molecule has 0 aromatic rings. The Bertz CT molecular complexity index is 351. The Hall–Kier alpha value is -0.750.